The van der Waals surface area contributed by atoms with Gasteiger partial charge in [-0.1, -0.05) is 24.3 Å². The number of halogens is 2. The Bertz CT molecular complexity index is 863. The molecule has 0 aliphatic heterocycles. The van der Waals surface area contributed by atoms with E-state index < -0.39 is 0 Å². The first-order valence-corrected chi connectivity index (χ1v) is 7.44. The highest BCUT2D eigenvalue weighted by atomic mass is 35.5. The maximum Gasteiger partial charge on any atom is 0.251 e. The number of nitrogens with one attached hydrogen (secondary N) is 2. The van der Waals surface area contributed by atoms with E-state index >= 15 is 0 Å². The van der Waals surface area contributed by atoms with Crippen LogP contribution in [0.25, 0.3) is 22.1 Å². The first-order chi connectivity index (χ1) is 10.6. The summed E-state index contributed by atoms with van der Waals surface area (Å²) in [5, 5.41) is 0. The molecule has 0 radical (unpaired) electrons. The first kappa shape index (κ1) is 20.0. The Kier molecular flexibility index (Phi) is 6.81. The summed E-state index contributed by atoms with van der Waals surface area (Å²) in [6.07, 6.45) is 0. The number of para-hydroxylation sites is 4. The van der Waals surface area contributed by atoms with Crippen molar-refractivity contribution < 1.29 is 33.9 Å². The van der Waals surface area contributed by atoms with Crippen LogP contribution in [0.1, 0.15) is 11.6 Å². The number of fused-ring (bicyclic) bond motifs is 2. The van der Waals surface area contributed by atoms with Crippen LogP contribution in [0.5, 0.6) is 0 Å². The Labute approximate surface area is 154 Å². The van der Waals surface area contributed by atoms with Crippen molar-refractivity contribution in [3.8, 4) is 0 Å². The van der Waals surface area contributed by atoms with Gasteiger partial charge in [-0.3, -0.25) is 0 Å². The summed E-state index contributed by atoms with van der Waals surface area (Å²) in [7, 11) is 4.13. The molecule has 0 saturated carbocycles. The van der Waals surface area contributed by atoms with Gasteiger partial charge in [-0.2, -0.15) is 0 Å². The van der Waals surface area contributed by atoms with Gasteiger partial charge in [-0.05, 0) is 24.3 Å². The molecule has 0 aliphatic rings. The van der Waals surface area contributed by atoms with Gasteiger partial charge in [0.25, 0.3) is 11.6 Å². The Morgan fingerprint density at radius 3 is 1.29 bits per heavy atom. The number of aromatic amines is 2. The minimum Gasteiger partial charge on any atom is -1.00 e. The summed E-state index contributed by atoms with van der Waals surface area (Å²) in [6, 6.07) is 16.6. The van der Waals surface area contributed by atoms with E-state index in [4.69, 9.17) is 0 Å². The van der Waals surface area contributed by atoms with Gasteiger partial charge in [0.15, 0.2) is 22.1 Å². The molecule has 2 aromatic carbocycles. The summed E-state index contributed by atoms with van der Waals surface area (Å²) < 4.78 is 4.30. The molecule has 0 saturated heterocycles. The normalized spacial score (nSPS) is 9.83. The van der Waals surface area contributed by atoms with E-state index in [1.807, 2.05) is 12.1 Å². The largest absolute Gasteiger partial charge is 1.00 e. The maximum absolute atomic E-state index is 3.29. The zero-order valence-corrected chi connectivity index (χ0v) is 15.8. The third-order valence-corrected chi connectivity index (χ3v) is 4.17. The molecule has 0 spiro atoms. The van der Waals surface area contributed by atoms with E-state index in [0.717, 1.165) is 0 Å². The second kappa shape index (κ2) is 8.18. The molecule has 4 rings (SSSR count). The lowest BCUT2D eigenvalue weighted by Crippen LogP contribution is -3.00. The molecule has 4 nitrogen and oxygen atoms in total. The Hall–Kier alpha value is -2.04. The first-order valence-electron chi connectivity index (χ1n) is 7.44. The number of hydrogen-bond acceptors (Lipinski definition) is 0. The fourth-order valence-corrected chi connectivity index (χ4v) is 2.66. The predicted octanol–water partition coefficient (Wildman–Crippen LogP) is -3.39. The molecule has 0 aliphatic carbocycles. The minimum absolute atomic E-state index is 0. The summed E-state index contributed by atoms with van der Waals surface area (Å²) in [4.78, 5) is 6.58. The number of aromatic nitrogens is 4. The highest BCUT2D eigenvalue weighted by Crippen LogP contribution is 2.07. The number of H-pyrrole nitrogens is 2. The van der Waals surface area contributed by atoms with E-state index in [0.29, 0.717) is 0 Å². The van der Waals surface area contributed by atoms with Gasteiger partial charge in [0.05, 0.1) is 14.1 Å². The third-order valence-electron chi connectivity index (χ3n) is 4.17. The topological polar surface area (TPSA) is 39.3 Å². The molecule has 0 amide bonds. The second-order valence-electron chi connectivity index (χ2n) is 5.57. The number of hydrogen-bond donors (Lipinski definition) is 2. The van der Waals surface area contributed by atoms with Gasteiger partial charge in [0, 0.05) is 13.8 Å². The van der Waals surface area contributed by atoms with Crippen LogP contribution >= 0.6 is 0 Å². The molecule has 0 bridgehead atoms. The predicted molar refractivity (Wildman–Crippen MR) is 88.4 cm³/mol. The zero-order chi connectivity index (χ0) is 15.7. The molecule has 2 N–H and O–H groups in total. The zero-order valence-electron chi connectivity index (χ0n) is 14.3. The molecule has 0 fully saturated rings. The SMILES string of the molecule is Cc1[nH]c2ccccc2[n+]1C.Cc1[nH]c2ccccc2[n+]1C.[Cl-].[Cl-]. The number of rotatable bonds is 0. The lowest BCUT2D eigenvalue weighted by Gasteiger charge is -1.85. The molecule has 24 heavy (non-hydrogen) atoms. The highest BCUT2D eigenvalue weighted by molar-refractivity contribution is 5.71. The minimum atomic E-state index is 0. The Balaban J connectivity index is 0.000000222. The van der Waals surface area contributed by atoms with Crippen LogP contribution in [0.15, 0.2) is 48.5 Å². The molecular weight excluding hydrogens is 343 g/mol. The van der Waals surface area contributed by atoms with Gasteiger partial charge in [-0.15, -0.1) is 0 Å². The van der Waals surface area contributed by atoms with Gasteiger partial charge < -0.3 is 24.8 Å². The Morgan fingerprint density at radius 1 is 0.625 bits per heavy atom. The van der Waals surface area contributed by atoms with Crippen LogP contribution in [0.2, 0.25) is 0 Å². The van der Waals surface area contributed by atoms with Crippen molar-refractivity contribution in [3.05, 3.63) is 60.2 Å². The number of benzene rings is 2. The lowest BCUT2D eigenvalue weighted by molar-refractivity contribution is -0.651. The van der Waals surface area contributed by atoms with Crippen molar-refractivity contribution >= 4 is 22.1 Å². The summed E-state index contributed by atoms with van der Waals surface area (Å²) in [5.41, 5.74) is 4.91. The van der Waals surface area contributed by atoms with Crippen molar-refractivity contribution in [2.24, 2.45) is 14.1 Å². The fourth-order valence-electron chi connectivity index (χ4n) is 2.66. The van der Waals surface area contributed by atoms with Crippen molar-refractivity contribution in [2.75, 3.05) is 0 Å². The van der Waals surface area contributed by atoms with Gasteiger partial charge in [0.2, 0.25) is 0 Å². The molecule has 128 valence electrons. The average molecular weight is 365 g/mol. The van der Waals surface area contributed by atoms with Gasteiger partial charge in [0.1, 0.15) is 0 Å². The molecule has 0 atom stereocenters. The monoisotopic (exact) mass is 364 g/mol. The smallest absolute Gasteiger partial charge is 0.251 e. The molecule has 0 unspecified atom stereocenters. The van der Waals surface area contributed by atoms with E-state index in [1.165, 1.54) is 33.7 Å². The third kappa shape index (κ3) is 3.71. The van der Waals surface area contributed by atoms with E-state index in [-0.39, 0.29) is 24.8 Å². The van der Waals surface area contributed by atoms with Crippen molar-refractivity contribution in [1.29, 1.82) is 0 Å². The van der Waals surface area contributed by atoms with Crippen LogP contribution in [-0.4, -0.2) is 9.97 Å². The van der Waals surface area contributed by atoms with Crippen molar-refractivity contribution in [2.45, 2.75) is 13.8 Å². The van der Waals surface area contributed by atoms with E-state index in [9.17, 15) is 0 Å². The average Bonchev–Trinajstić information content (AvgIpc) is 2.98. The summed E-state index contributed by atoms with van der Waals surface area (Å²) in [5.74, 6) is 2.37. The maximum atomic E-state index is 3.29. The molecule has 2 heterocycles. The number of imidazole rings is 2. The van der Waals surface area contributed by atoms with E-state index in [1.54, 1.807) is 0 Å². The molecule has 6 heteroatoms. The number of aryl methyl sites for hydroxylation is 4. The standard InChI is InChI=1S/2C9H10N2.2ClH/c2*1-7-10-8-5-3-4-6-9(8)11(7)2;;/h2*3-6H,1-2H3;2*1H. The van der Waals surface area contributed by atoms with Crippen LogP contribution in [0, 0.1) is 13.8 Å². The van der Waals surface area contributed by atoms with Gasteiger partial charge in [-0.25, -0.2) is 19.1 Å². The molecule has 2 aromatic heterocycles. The lowest BCUT2D eigenvalue weighted by atomic mass is 10.3. The van der Waals surface area contributed by atoms with Gasteiger partial charge >= 0.3 is 0 Å². The quantitative estimate of drug-likeness (QED) is 0.305. The van der Waals surface area contributed by atoms with Crippen molar-refractivity contribution in [1.82, 2.24) is 9.97 Å². The fraction of sp³-hybridized carbons (Fsp3) is 0.222. The highest BCUT2D eigenvalue weighted by Gasteiger charge is 2.09. The number of nitrogens with zero attached hydrogens (tertiary/aromatic N) is 2. The molecule has 4 aromatic rings. The van der Waals surface area contributed by atoms with Crippen LogP contribution in [0.3, 0.4) is 0 Å². The Morgan fingerprint density at radius 2 is 0.958 bits per heavy atom. The van der Waals surface area contributed by atoms with Crippen molar-refractivity contribution in [3.63, 3.8) is 0 Å². The van der Waals surface area contributed by atoms with E-state index in [2.05, 4.69) is 83.4 Å². The molecular formula is C18H22Cl2N4. The summed E-state index contributed by atoms with van der Waals surface area (Å²) >= 11 is 0. The van der Waals surface area contributed by atoms with Crippen LogP contribution < -0.4 is 33.9 Å². The second-order valence-corrected chi connectivity index (χ2v) is 5.57. The summed E-state index contributed by atoms with van der Waals surface area (Å²) in [6.45, 7) is 4.14. The van der Waals surface area contributed by atoms with Crippen LogP contribution in [-0.2, 0) is 14.1 Å². The van der Waals surface area contributed by atoms with Crippen LogP contribution in [0.4, 0.5) is 0 Å².